The van der Waals surface area contributed by atoms with Crippen LogP contribution in [0.2, 0.25) is 0 Å². The number of Topliss-reactive ketones (excluding diaryl/α,β-unsaturated/α-hetero) is 1. The summed E-state index contributed by atoms with van der Waals surface area (Å²) >= 11 is 0. The fraction of sp³-hybridized carbons (Fsp3) is 0.333. The van der Waals surface area contributed by atoms with Crippen LogP contribution < -0.4 is 0 Å². The summed E-state index contributed by atoms with van der Waals surface area (Å²) < 4.78 is 5.44. The maximum absolute atomic E-state index is 12.5. The van der Waals surface area contributed by atoms with E-state index in [-0.39, 0.29) is 17.7 Å². The second-order valence-electron chi connectivity index (χ2n) is 7.10. The molecule has 0 N–H and O–H groups in total. The Morgan fingerprint density at radius 1 is 0.926 bits per heavy atom. The number of hydrogen-bond donors (Lipinski definition) is 0. The molecular formula is C24H26O3. The van der Waals surface area contributed by atoms with Crippen molar-refractivity contribution in [3.05, 3.63) is 71.8 Å². The molecule has 140 valence electrons. The minimum Gasteiger partial charge on any atom is -0.465 e. The van der Waals surface area contributed by atoms with Crippen LogP contribution >= 0.6 is 0 Å². The zero-order valence-electron chi connectivity index (χ0n) is 15.8. The molecule has 0 saturated heterocycles. The lowest BCUT2D eigenvalue weighted by Crippen LogP contribution is -2.22. The van der Waals surface area contributed by atoms with Crippen molar-refractivity contribution in [3.63, 3.8) is 0 Å². The van der Waals surface area contributed by atoms with Gasteiger partial charge in [-0.25, -0.2) is 0 Å². The number of rotatable bonds is 7. The number of esters is 1. The average molecular weight is 362 g/mol. The van der Waals surface area contributed by atoms with Crippen LogP contribution in [-0.2, 0) is 14.3 Å². The molecule has 0 saturated carbocycles. The van der Waals surface area contributed by atoms with E-state index in [1.807, 2.05) is 24.3 Å². The predicted molar refractivity (Wildman–Crippen MR) is 108 cm³/mol. The van der Waals surface area contributed by atoms with E-state index in [1.165, 1.54) is 22.3 Å². The summed E-state index contributed by atoms with van der Waals surface area (Å²) in [5.74, 6) is -0.130. The lowest BCUT2D eigenvalue weighted by molar-refractivity contribution is -0.149. The number of ether oxygens (including phenoxy) is 1. The summed E-state index contributed by atoms with van der Waals surface area (Å²) in [5.41, 5.74) is 4.95. The van der Waals surface area contributed by atoms with Gasteiger partial charge in [-0.2, -0.15) is 0 Å². The number of benzene rings is 2. The summed E-state index contributed by atoms with van der Waals surface area (Å²) in [6.07, 6.45) is 3.42. The SMILES string of the molecule is CC(=O)CCCOC(=O)C1CCC(c2ccccc2)=C(c2ccccc2)C1. The highest BCUT2D eigenvalue weighted by Crippen LogP contribution is 2.41. The van der Waals surface area contributed by atoms with Crippen molar-refractivity contribution in [2.24, 2.45) is 5.92 Å². The first-order chi connectivity index (χ1) is 13.1. The van der Waals surface area contributed by atoms with Gasteiger partial charge in [0.1, 0.15) is 5.78 Å². The van der Waals surface area contributed by atoms with E-state index in [9.17, 15) is 9.59 Å². The zero-order valence-corrected chi connectivity index (χ0v) is 15.8. The Kier molecular flexibility index (Phi) is 6.59. The van der Waals surface area contributed by atoms with Crippen molar-refractivity contribution in [1.29, 1.82) is 0 Å². The normalized spacial score (nSPS) is 16.9. The first kappa shape index (κ1) is 19.1. The highest BCUT2D eigenvalue weighted by molar-refractivity contribution is 5.93. The Labute approximate surface area is 161 Å². The second-order valence-corrected chi connectivity index (χ2v) is 7.10. The number of ketones is 1. The van der Waals surface area contributed by atoms with Gasteiger partial charge in [-0.3, -0.25) is 4.79 Å². The standard InChI is InChI=1S/C24H26O3/c1-18(25)9-8-16-27-24(26)21-14-15-22(19-10-4-2-5-11-19)23(17-21)20-12-6-3-7-13-20/h2-7,10-13,21H,8-9,14-17H2,1H3. The fourth-order valence-electron chi connectivity index (χ4n) is 3.64. The first-order valence-corrected chi connectivity index (χ1v) is 9.64. The van der Waals surface area contributed by atoms with Crippen LogP contribution in [0.15, 0.2) is 60.7 Å². The van der Waals surface area contributed by atoms with E-state index in [1.54, 1.807) is 6.92 Å². The Morgan fingerprint density at radius 2 is 1.52 bits per heavy atom. The third-order valence-corrected chi connectivity index (χ3v) is 5.05. The summed E-state index contributed by atoms with van der Waals surface area (Å²) in [6, 6.07) is 20.7. The van der Waals surface area contributed by atoms with E-state index in [0.29, 0.717) is 25.9 Å². The van der Waals surface area contributed by atoms with Gasteiger partial charge < -0.3 is 9.53 Å². The van der Waals surface area contributed by atoms with Gasteiger partial charge >= 0.3 is 5.97 Å². The second kappa shape index (κ2) is 9.31. The van der Waals surface area contributed by atoms with E-state index in [0.717, 1.165) is 12.8 Å². The van der Waals surface area contributed by atoms with Gasteiger partial charge in [0.2, 0.25) is 0 Å². The van der Waals surface area contributed by atoms with Crippen molar-refractivity contribution < 1.29 is 14.3 Å². The lowest BCUT2D eigenvalue weighted by Gasteiger charge is -2.27. The molecule has 2 aromatic rings. The predicted octanol–water partition coefficient (Wildman–Crippen LogP) is 5.31. The molecule has 3 nitrogen and oxygen atoms in total. The van der Waals surface area contributed by atoms with Crippen LogP contribution in [0.25, 0.3) is 11.1 Å². The van der Waals surface area contributed by atoms with Crippen LogP contribution in [0.4, 0.5) is 0 Å². The largest absolute Gasteiger partial charge is 0.465 e. The Bertz CT molecular complexity index is 806. The number of carbonyl (C=O) groups is 2. The average Bonchev–Trinajstić information content (AvgIpc) is 2.72. The lowest BCUT2D eigenvalue weighted by atomic mass is 9.78. The minimum atomic E-state index is -0.140. The Balaban J connectivity index is 1.77. The van der Waals surface area contributed by atoms with Crippen LogP contribution in [0, 0.1) is 5.92 Å². The van der Waals surface area contributed by atoms with E-state index >= 15 is 0 Å². The van der Waals surface area contributed by atoms with Crippen molar-refractivity contribution in [2.45, 2.75) is 39.0 Å². The van der Waals surface area contributed by atoms with Gasteiger partial charge in [-0.1, -0.05) is 60.7 Å². The molecule has 0 radical (unpaired) electrons. The Morgan fingerprint density at radius 3 is 2.11 bits per heavy atom. The molecule has 0 spiro atoms. The molecule has 3 heteroatoms. The molecule has 3 rings (SSSR count). The van der Waals surface area contributed by atoms with Crippen molar-refractivity contribution in [1.82, 2.24) is 0 Å². The maximum atomic E-state index is 12.5. The molecule has 0 bridgehead atoms. The quantitative estimate of drug-likeness (QED) is 0.495. The summed E-state index contributed by atoms with van der Waals surface area (Å²) in [7, 11) is 0. The first-order valence-electron chi connectivity index (χ1n) is 9.64. The van der Waals surface area contributed by atoms with Gasteiger partial charge in [0.25, 0.3) is 0 Å². The van der Waals surface area contributed by atoms with Crippen LogP contribution in [0.5, 0.6) is 0 Å². The van der Waals surface area contributed by atoms with Crippen molar-refractivity contribution in [3.8, 4) is 0 Å². The molecule has 1 aliphatic carbocycles. The van der Waals surface area contributed by atoms with Crippen molar-refractivity contribution in [2.75, 3.05) is 6.61 Å². The molecule has 0 amide bonds. The topological polar surface area (TPSA) is 43.4 Å². The molecule has 2 aromatic carbocycles. The maximum Gasteiger partial charge on any atom is 0.309 e. The van der Waals surface area contributed by atoms with Gasteiger partial charge in [0, 0.05) is 6.42 Å². The number of allylic oxidation sites excluding steroid dienone is 2. The van der Waals surface area contributed by atoms with Crippen molar-refractivity contribution >= 4 is 22.9 Å². The molecule has 1 unspecified atom stereocenters. The molecule has 0 aromatic heterocycles. The molecule has 1 aliphatic rings. The third kappa shape index (κ3) is 5.16. The summed E-state index contributed by atoms with van der Waals surface area (Å²) in [4.78, 5) is 23.5. The highest BCUT2D eigenvalue weighted by atomic mass is 16.5. The van der Waals surface area contributed by atoms with Gasteiger partial charge in [0.15, 0.2) is 0 Å². The van der Waals surface area contributed by atoms with E-state index < -0.39 is 0 Å². The van der Waals surface area contributed by atoms with Crippen LogP contribution in [0.3, 0.4) is 0 Å². The molecule has 1 atom stereocenters. The fourth-order valence-corrected chi connectivity index (χ4v) is 3.64. The summed E-state index contributed by atoms with van der Waals surface area (Å²) in [5, 5.41) is 0. The highest BCUT2D eigenvalue weighted by Gasteiger charge is 2.28. The van der Waals surface area contributed by atoms with E-state index in [4.69, 9.17) is 4.74 Å². The smallest absolute Gasteiger partial charge is 0.309 e. The Hall–Kier alpha value is -2.68. The molecule has 27 heavy (non-hydrogen) atoms. The number of hydrogen-bond acceptors (Lipinski definition) is 3. The van der Waals surface area contributed by atoms with Gasteiger partial charge in [-0.15, -0.1) is 0 Å². The minimum absolute atomic E-state index is 0.120. The van der Waals surface area contributed by atoms with E-state index in [2.05, 4.69) is 36.4 Å². The van der Waals surface area contributed by atoms with Gasteiger partial charge in [0.05, 0.1) is 12.5 Å². The molecule has 0 fully saturated rings. The third-order valence-electron chi connectivity index (χ3n) is 5.05. The zero-order chi connectivity index (χ0) is 19.1. The summed E-state index contributed by atoms with van der Waals surface area (Å²) in [6.45, 7) is 1.88. The molecular weight excluding hydrogens is 336 g/mol. The monoisotopic (exact) mass is 362 g/mol. The number of carbonyl (C=O) groups excluding carboxylic acids is 2. The molecule has 0 heterocycles. The van der Waals surface area contributed by atoms with Crippen LogP contribution in [-0.4, -0.2) is 18.4 Å². The molecule has 0 aliphatic heterocycles. The van der Waals surface area contributed by atoms with Gasteiger partial charge in [-0.05, 0) is 54.9 Å². The van der Waals surface area contributed by atoms with Crippen LogP contribution in [0.1, 0.15) is 50.2 Å².